The Kier molecular flexibility index (Phi) is 4.24. The largest absolute Gasteiger partial charge is 0.377 e. The molecular formula is C11H17NOP+. The van der Waals surface area contributed by atoms with Crippen LogP contribution in [-0.2, 0) is 11.1 Å². The summed E-state index contributed by atoms with van der Waals surface area (Å²) in [6.45, 7) is 4.63. The molecule has 14 heavy (non-hydrogen) atoms. The van der Waals surface area contributed by atoms with E-state index in [2.05, 4.69) is 13.8 Å². The molecule has 1 rings (SSSR count). The molecule has 0 saturated heterocycles. The lowest BCUT2D eigenvalue weighted by molar-refractivity contribution is 0.585. The fourth-order valence-corrected chi connectivity index (χ4v) is 2.96. The van der Waals surface area contributed by atoms with Crippen molar-refractivity contribution in [1.82, 2.24) is 0 Å². The Balaban J connectivity index is 2.88. The maximum absolute atomic E-state index is 11.9. The molecule has 0 saturated carbocycles. The van der Waals surface area contributed by atoms with E-state index >= 15 is 0 Å². The molecular weight excluding hydrogens is 193 g/mol. The van der Waals surface area contributed by atoms with Crippen molar-refractivity contribution >= 4 is 13.1 Å². The van der Waals surface area contributed by atoms with Crippen LogP contribution in [0.3, 0.4) is 0 Å². The standard InChI is InChI=1S/C11H17NOP/c1-9(2)8-14(13)11-6-4-3-5-10(11)7-12/h3-6,9H,7-8,12H2,1-2H3/q+1. The summed E-state index contributed by atoms with van der Waals surface area (Å²) in [5.74, 6) is 0.462. The lowest BCUT2D eigenvalue weighted by atomic mass is 10.2. The summed E-state index contributed by atoms with van der Waals surface area (Å²) in [5, 5.41) is 0.929. The Labute approximate surface area is 86.3 Å². The quantitative estimate of drug-likeness (QED) is 0.774. The van der Waals surface area contributed by atoms with Crippen LogP contribution in [0.15, 0.2) is 24.3 Å². The van der Waals surface area contributed by atoms with E-state index in [4.69, 9.17) is 5.73 Å². The van der Waals surface area contributed by atoms with Gasteiger partial charge in [0.15, 0.2) is 11.5 Å². The molecule has 0 aliphatic rings. The van der Waals surface area contributed by atoms with Crippen LogP contribution in [0.1, 0.15) is 19.4 Å². The Hall–Kier alpha value is -0.720. The zero-order chi connectivity index (χ0) is 10.6. The van der Waals surface area contributed by atoms with Crippen LogP contribution in [-0.4, -0.2) is 6.16 Å². The van der Waals surface area contributed by atoms with Crippen molar-refractivity contribution in [3.63, 3.8) is 0 Å². The van der Waals surface area contributed by atoms with Gasteiger partial charge in [-0.15, -0.1) is 0 Å². The van der Waals surface area contributed by atoms with E-state index in [1.165, 1.54) is 0 Å². The molecule has 1 aromatic rings. The van der Waals surface area contributed by atoms with E-state index < -0.39 is 7.80 Å². The van der Waals surface area contributed by atoms with Gasteiger partial charge in [-0.2, -0.15) is 0 Å². The zero-order valence-electron chi connectivity index (χ0n) is 8.73. The van der Waals surface area contributed by atoms with Crippen molar-refractivity contribution in [2.75, 3.05) is 6.16 Å². The van der Waals surface area contributed by atoms with Crippen LogP contribution in [0.4, 0.5) is 0 Å². The average molecular weight is 210 g/mol. The molecule has 2 N–H and O–H groups in total. The van der Waals surface area contributed by atoms with E-state index in [0.29, 0.717) is 12.5 Å². The third kappa shape index (κ3) is 2.90. The van der Waals surface area contributed by atoms with Crippen LogP contribution in [0.5, 0.6) is 0 Å². The Bertz CT molecular complexity index is 323. The SMILES string of the molecule is CC(C)C[P+](=O)c1ccccc1CN. The van der Waals surface area contributed by atoms with Gasteiger partial charge in [0.25, 0.3) is 0 Å². The molecule has 0 aliphatic heterocycles. The van der Waals surface area contributed by atoms with E-state index in [1.54, 1.807) is 0 Å². The minimum atomic E-state index is -1.27. The minimum Gasteiger partial charge on any atom is -0.326 e. The molecule has 1 aromatic carbocycles. The molecule has 0 aromatic heterocycles. The zero-order valence-corrected chi connectivity index (χ0v) is 9.63. The van der Waals surface area contributed by atoms with Crippen molar-refractivity contribution in [3.05, 3.63) is 29.8 Å². The molecule has 1 atom stereocenters. The summed E-state index contributed by atoms with van der Waals surface area (Å²) in [7, 11) is -1.27. The molecule has 3 heteroatoms. The van der Waals surface area contributed by atoms with Gasteiger partial charge in [-0.3, -0.25) is 0 Å². The van der Waals surface area contributed by atoms with Gasteiger partial charge in [0.1, 0.15) is 0 Å². The summed E-state index contributed by atoms with van der Waals surface area (Å²) in [6.07, 6.45) is 0.742. The van der Waals surface area contributed by atoms with Gasteiger partial charge >= 0.3 is 7.80 Å². The Morgan fingerprint density at radius 3 is 2.57 bits per heavy atom. The van der Waals surface area contributed by atoms with Gasteiger partial charge in [0, 0.05) is 12.1 Å². The van der Waals surface area contributed by atoms with Gasteiger partial charge in [0.05, 0.1) is 0 Å². The number of benzene rings is 1. The summed E-state index contributed by atoms with van der Waals surface area (Å²) in [5.41, 5.74) is 6.60. The van der Waals surface area contributed by atoms with E-state index in [0.717, 1.165) is 17.0 Å². The molecule has 76 valence electrons. The number of nitrogens with two attached hydrogens (primary N) is 1. The lowest BCUT2D eigenvalue weighted by Crippen LogP contribution is -2.11. The highest BCUT2D eigenvalue weighted by molar-refractivity contribution is 7.53. The highest BCUT2D eigenvalue weighted by Gasteiger charge is 2.23. The Morgan fingerprint density at radius 2 is 2.00 bits per heavy atom. The van der Waals surface area contributed by atoms with Crippen LogP contribution < -0.4 is 11.0 Å². The van der Waals surface area contributed by atoms with Gasteiger partial charge < -0.3 is 5.73 Å². The molecule has 0 bridgehead atoms. The fourth-order valence-electron chi connectivity index (χ4n) is 1.36. The maximum atomic E-state index is 11.9. The maximum Gasteiger partial charge on any atom is 0.377 e. The molecule has 1 unspecified atom stereocenters. The van der Waals surface area contributed by atoms with E-state index in [9.17, 15) is 4.57 Å². The van der Waals surface area contributed by atoms with Crippen LogP contribution in [0.2, 0.25) is 0 Å². The third-order valence-electron chi connectivity index (χ3n) is 2.01. The van der Waals surface area contributed by atoms with Crippen molar-refractivity contribution in [3.8, 4) is 0 Å². The summed E-state index contributed by atoms with van der Waals surface area (Å²) in [6, 6.07) is 7.72. The first-order valence-electron chi connectivity index (χ1n) is 4.87. The molecule has 0 heterocycles. The van der Waals surface area contributed by atoms with Crippen molar-refractivity contribution < 1.29 is 4.57 Å². The number of hydrogen-bond donors (Lipinski definition) is 1. The predicted molar refractivity (Wildman–Crippen MR) is 61.3 cm³/mol. The topological polar surface area (TPSA) is 43.1 Å². The highest BCUT2D eigenvalue weighted by atomic mass is 31.1. The van der Waals surface area contributed by atoms with E-state index in [-0.39, 0.29) is 0 Å². The van der Waals surface area contributed by atoms with Crippen molar-refractivity contribution in [2.24, 2.45) is 11.7 Å². The van der Waals surface area contributed by atoms with Crippen LogP contribution in [0, 0.1) is 5.92 Å². The summed E-state index contributed by atoms with van der Waals surface area (Å²) < 4.78 is 11.9. The second kappa shape index (κ2) is 5.23. The molecule has 2 nitrogen and oxygen atoms in total. The summed E-state index contributed by atoms with van der Waals surface area (Å²) in [4.78, 5) is 0. The number of rotatable bonds is 4. The second-order valence-electron chi connectivity index (χ2n) is 3.79. The van der Waals surface area contributed by atoms with E-state index in [1.807, 2.05) is 24.3 Å². The first-order chi connectivity index (χ1) is 6.65. The molecule has 0 radical (unpaired) electrons. The molecule has 0 spiro atoms. The Morgan fingerprint density at radius 1 is 1.36 bits per heavy atom. The van der Waals surface area contributed by atoms with Crippen LogP contribution >= 0.6 is 7.80 Å². The highest BCUT2D eigenvalue weighted by Crippen LogP contribution is 2.24. The van der Waals surface area contributed by atoms with Gasteiger partial charge in [-0.25, -0.2) is 0 Å². The van der Waals surface area contributed by atoms with Crippen LogP contribution in [0.25, 0.3) is 0 Å². The smallest absolute Gasteiger partial charge is 0.326 e. The molecule has 0 aliphatic carbocycles. The molecule has 0 fully saturated rings. The second-order valence-corrected chi connectivity index (χ2v) is 5.39. The van der Waals surface area contributed by atoms with Gasteiger partial charge in [0.2, 0.25) is 0 Å². The third-order valence-corrected chi connectivity index (χ3v) is 4.05. The minimum absolute atomic E-state index is 0.462. The first-order valence-corrected chi connectivity index (χ1v) is 6.32. The van der Waals surface area contributed by atoms with Crippen molar-refractivity contribution in [1.29, 1.82) is 0 Å². The monoisotopic (exact) mass is 210 g/mol. The lowest BCUT2D eigenvalue weighted by Gasteiger charge is -1.98. The van der Waals surface area contributed by atoms with Gasteiger partial charge in [-0.05, 0) is 12.0 Å². The number of hydrogen-bond acceptors (Lipinski definition) is 2. The summed E-state index contributed by atoms with van der Waals surface area (Å²) >= 11 is 0. The average Bonchev–Trinajstić information content (AvgIpc) is 2.16. The predicted octanol–water partition coefficient (Wildman–Crippen LogP) is 2.25. The first kappa shape index (κ1) is 11.4. The van der Waals surface area contributed by atoms with Gasteiger partial charge in [-0.1, -0.05) is 36.6 Å². The molecule has 0 amide bonds. The fraction of sp³-hybridized carbons (Fsp3) is 0.455. The normalized spacial score (nSPS) is 11.9. The van der Waals surface area contributed by atoms with Crippen molar-refractivity contribution in [2.45, 2.75) is 20.4 Å².